The fourth-order valence-electron chi connectivity index (χ4n) is 2.38. The number of aromatic nitrogens is 2. The van der Waals surface area contributed by atoms with Gasteiger partial charge in [-0.3, -0.25) is 14.2 Å². The fourth-order valence-corrected chi connectivity index (χ4v) is 2.50. The van der Waals surface area contributed by atoms with Gasteiger partial charge in [-0.15, -0.1) is 0 Å². The first kappa shape index (κ1) is 18.5. The molecule has 138 valence electrons. The van der Waals surface area contributed by atoms with Crippen molar-refractivity contribution < 1.29 is 9.53 Å². The summed E-state index contributed by atoms with van der Waals surface area (Å²) in [4.78, 5) is 39.0. The second kappa shape index (κ2) is 8.37. The van der Waals surface area contributed by atoms with E-state index in [9.17, 15) is 14.4 Å². The molecule has 0 spiro atoms. The zero-order chi connectivity index (χ0) is 19.2. The van der Waals surface area contributed by atoms with Crippen LogP contribution in [-0.2, 0) is 11.3 Å². The zero-order valence-corrected chi connectivity index (χ0v) is 14.9. The number of nitrogens with one attached hydrogen (secondary N) is 2. The Labute approximate surface area is 159 Å². The second-order valence-electron chi connectivity index (χ2n) is 5.68. The molecule has 0 aliphatic carbocycles. The Kier molecular flexibility index (Phi) is 5.73. The van der Waals surface area contributed by atoms with Crippen LogP contribution in [0.1, 0.15) is 5.56 Å². The summed E-state index contributed by atoms with van der Waals surface area (Å²) in [6.07, 6.45) is 1.17. The van der Waals surface area contributed by atoms with Gasteiger partial charge in [0, 0.05) is 11.2 Å². The average Bonchev–Trinajstić information content (AvgIpc) is 2.68. The largest absolute Gasteiger partial charge is 0.484 e. The third-order valence-corrected chi connectivity index (χ3v) is 3.95. The van der Waals surface area contributed by atoms with Crippen LogP contribution in [-0.4, -0.2) is 22.1 Å². The number of amides is 1. The lowest BCUT2D eigenvalue weighted by molar-refractivity contribution is -0.118. The smallest absolute Gasteiger partial charge is 0.328 e. The van der Waals surface area contributed by atoms with Crippen molar-refractivity contribution >= 4 is 23.2 Å². The highest BCUT2D eigenvalue weighted by Gasteiger charge is 2.11. The molecule has 0 saturated heterocycles. The third-order valence-electron chi connectivity index (χ3n) is 3.70. The van der Waals surface area contributed by atoms with E-state index in [0.717, 1.165) is 10.1 Å². The van der Waals surface area contributed by atoms with Gasteiger partial charge in [0.25, 0.3) is 11.5 Å². The van der Waals surface area contributed by atoms with E-state index >= 15 is 0 Å². The van der Waals surface area contributed by atoms with Crippen LogP contribution < -0.4 is 21.3 Å². The molecule has 0 atom stereocenters. The van der Waals surface area contributed by atoms with Crippen molar-refractivity contribution in [1.82, 2.24) is 9.55 Å². The van der Waals surface area contributed by atoms with Gasteiger partial charge < -0.3 is 15.0 Å². The molecule has 0 bridgehead atoms. The molecule has 0 unspecified atom stereocenters. The van der Waals surface area contributed by atoms with Crippen molar-refractivity contribution in [1.29, 1.82) is 0 Å². The Bertz CT molecular complexity index is 1040. The molecule has 8 heteroatoms. The summed E-state index contributed by atoms with van der Waals surface area (Å²) < 4.78 is 6.35. The lowest BCUT2D eigenvalue weighted by atomic mass is 10.2. The maximum absolute atomic E-state index is 12.5. The lowest BCUT2D eigenvalue weighted by Crippen LogP contribution is -2.37. The molecular formula is C19H16ClN3O4. The van der Waals surface area contributed by atoms with Crippen molar-refractivity contribution in [3.05, 3.63) is 92.2 Å². The first-order chi connectivity index (χ1) is 13.0. The number of carbonyl (C=O) groups excluding carboxylic acids is 1. The number of ether oxygens (including phenoxy) is 1. The van der Waals surface area contributed by atoms with Gasteiger partial charge >= 0.3 is 5.69 Å². The molecule has 2 aromatic carbocycles. The molecule has 27 heavy (non-hydrogen) atoms. The minimum atomic E-state index is -0.595. The van der Waals surface area contributed by atoms with E-state index in [-0.39, 0.29) is 18.8 Å². The number of anilines is 1. The molecule has 0 aliphatic rings. The minimum Gasteiger partial charge on any atom is -0.484 e. The van der Waals surface area contributed by atoms with E-state index < -0.39 is 17.2 Å². The summed E-state index contributed by atoms with van der Waals surface area (Å²) in [5, 5.41) is 3.01. The summed E-state index contributed by atoms with van der Waals surface area (Å²) in [6.45, 7) is -0.196. The first-order valence-corrected chi connectivity index (χ1v) is 8.45. The van der Waals surface area contributed by atoms with Crippen molar-refractivity contribution in [2.75, 3.05) is 11.9 Å². The monoisotopic (exact) mass is 385 g/mol. The number of nitrogens with zero attached hydrogens (tertiary/aromatic N) is 1. The van der Waals surface area contributed by atoms with Gasteiger partial charge in [0.2, 0.25) is 0 Å². The van der Waals surface area contributed by atoms with E-state index in [1.165, 1.54) is 6.20 Å². The SMILES string of the molecule is O=C(COc1ccc(Cl)cc1)Nc1c[nH]c(=O)n(Cc2ccccc2)c1=O. The highest BCUT2D eigenvalue weighted by Crippen LogP contribution is 2.15. The van der Waals surface area contributed by atoms with E-state index in [0.29, 0.717) is 10.8 Å². The molecule has 3 aromatic rings. The first-order valence-electron chi connectivity index (χ1n) is 8.07. The van der Waals surface area contributed by atoms with Crippen LogP contribution in [0.2, 0.25) is 5.02 Å². The number of carbonyl (C=O) groups is 1. The molecule has 0 fully saturated rings. The standard InChI is InChI=1S/C19H16ClN3O4/c20-14-6-8-15(9-7-14)27-12-17(24)22-16-10-21-19(26)23(18(16)25)11-13-4-2-1-3-5-13/h1-10H,11-12H2,(H,21,26)(H,22,24). The third kappa shape index (κ3) is 4.86. The highest BCUT2D eigenvalue weighted by molar-refractivity contribution is 6.30. The quantitative estimate of drug-likeness (QED) is 0.680. The maximum atomic E-state index is 12.5. The fraction of sp³-hybridized carbons (Fsp3) is 0.105. The van der Waals surface area contributed by atoms with Gasteiger partial charge in [0.1, 0.15) is 11.4 Å². The van der Waals surface area contributed by atoms with E-state index in [1.807, 2.05) is 18.2 Å². The van der Waals surface area contributed by atoms with Crippen LogP contribution in [0.25, 0.3) is 0 Å². The van der Waals surface area contributed by atoms with Crippen LogP contribution in [0, 0.1) is 0 Å². The predicted octanol–water partition coefficient (Wildman–Crippen LogP) is 2.26. The number of hydrogen-bond donors (Lipinski definition) is 2. The van der Waals surface area contributed by atoms with Gasteiger partial charge in [-0.25, -0.2) is 4.79 Å². The molecule has 1 aromatic heterocycles. The van der Waals surface area contributed by atoms with E-state index in [1.54, 1.807) is 36.4 Å². The van der Waals surface area contributed by atoms with Crippen molar-refractivity contribution in [2.24, 2.45) is 0 Å². The van der Waals surface area contributed by atoms with Gasteiger partial charge in [-0.05, 0) is 29.8 Å². The van der Waals surface area contributed by atoms with Gasteiger partial charge in [0.05, 0.1) is 6.54 Å². The van der Waals surface area contributed by atoms with Crippen LogP contribution in [0.5, 0.6) is 5.75 Å². The molecule has 0 saturated carbocycles. The average molecular weight is 386 g/mol. The number of rotatable bonds is 6. The lowest BCUT2D eigenvalue weighted by Gasteiger charge is -2.09. The Morgan fingerprint density at radius 2 is 1.78 bits per heavy atom. The van der Waals surface area contributed by atoms with Crippen LogP contribution in [0.4, 0.5) is 5.69 Å². The molecule has 3 rings (SSSR count). The number of aromatic amines is 1. The Balaban J connectivity index is 1.70. The molecule has 1 amide bonds. The summed E-state index contributed by atoms with van der Waals surface area (Å²) in [5.41, 5.74) is -0.392. The summed E-state index contributed by atoms with van der Waals surface area (Å²) in [6, 6.07) is 15.6. The van der Waals surface area contributed by atoms with Crippen LogP contribution >= 0.6 is 11.6 Å². The second-order valence-corrected chi connectivity index (χ2v) is 6.11. The molecule has 0 aliphatic heterocycles. The van der Waals surface area contributed by atoms with Gasteiger partial charge in [-0.1, -0.05) is 41.9 Å². The zero-order valence-electron chi connectivity index (χ0n) is 14.1. The molecule has 7 nitrogen and oxygen atoms in total. The molecular weight excluding hydrogens is 370 g/mol. The van der Waals surface area contributed by atoms with Gasteiger partial charge in [0.15, 0.2) is 6.61 Å². The topological polar surface area (TPSA) is 93.2 Å². The highest BCUT2D eigenvalue weighted by atomic mass is 35.5. The van der Waals surface area contributed by atoms with Crippen molar-refractivity contribution in [3.8, 4) is 5.75 Å². The number of halogens is 1. The number of benzene rings is 2. The number of H-pyrrole nitrogens is 1. The Morgan fingerprint density at radius 1 is 1.07 bits per heavy atom. The number of hydrogen-bond acceptors (Lipinski definition) is 4. The predicted molar refractivity (Wildman–Crippen MR) is 102 cm³/mol. The van der Waals surface area contributed by atoms with E-state index in [2.05, 4.69) is 10.3 Å². The Hall–Kier alpha value is -3.32. The normalized spacial score (nSPS) is 10.4. The summed E-state index contributed by atoms with van der Waals surface area (Å²) in [7, 11) is 0. The van der Waals surface area contributed by atoms with E-state index in [4.69, 9.17) is 16.3 Å². The minimum absolute atomic E-state index is 0.0322. The maximum Gasteiger partial charge on any atom is 0.328 e. The van der Waals surface area contributed by atoms with Crippen LogP contribution in [0.15, 0.2) is 70.4 Å². The summed E-state index contributed by atoms with van der Waals surface area (Å²) >= 11 is 5.78. The van der Waals surface area contributed by atoms with Crippen LogP contribution in [0.3, 0.4) is 0 Å². The molecule has 2 N–H and O–H groups in total. The van der Waals surface area contributed by atoms with Crippen molar-refractivity contribution in [3.63, 3.8) is 0 Å². The molecule has 0 radical (unpaired) electrons. The molecule has 1 heterocycles. The van der Waals surface area contributed by atoms with Crippen molar-refractivity contribution in [2.45, 2.75) is 6.54 Å². The Morgan fingerprint density at radius 3 is 2.48 bits per heavy atom. The van der Waals surface area contributed by atoms with Gasteiger partial charge in [-0.2, -0.15) is 0 Å². The summed E-state index contributed by atoms with van der Waals surface area (Å²) in [5.74, 6) is -0.0575.